The van der Waals surface area contributed by atoms with Gasteiger partial charge in [-0.3, -0.25) is 19.0 Å². The van der Waals surface area contributed by atoms with Gasteiger partial charge in [0.05, 0.1) is 25.2 Å². The van der Waals surface area contributed by atoms with Crippen molar-refractivity contribution < 1.29 is 42.3 Å². The molecule has 1 N–H and O–H groups in total. The molecule has 16 heteroatoms. The predicted molar refractivity (Wildman–Crippen MR) is 213 cm³/mol. The van der Waals surface area contributed by atoms with E-state index in [4.69, 9.17) is 35.3 Å². The molecule has 2 aromatic carbocycles. The van der Waals surface area contributed by atoms with Crippen LogP contribution in [0.5, 0.6) is 11.6 Å². The van der Waals surface area contributed by atoms with Gasteiger partial charge in [0, 0.05) is 68.4 Å². The molecule has 2 aliphatic carbocycles. The van der Waals surface area contributed by atoms with Gasteiger partial charge in [0.15, 0.2) is 6.10 Å². The molecule has 1 aromatic heterocycles. The summed E-state index contributed by atoms with van der Waals surface area (Å²) in [5.41, 5.74) is 2.94. The third-order valence-corrected chi connectivity index (χ3v) is 13.6. The monoisotopic (exact) mass is 821 g/mol. The summed E-state index contributed by atoms with van der Waals surface area (Å²) in [4.78, 5) is 43.0. The summed E-state index contributed by atoms with van der Waals surface area (Å²) >= 11 is 6.47. The number of nitrogens with one attached hydrogen (secondary N) is 1. The molecule has 14 nitrogen and oxygen atoms in total. The Bertz CT molecular complexity index is 2240. The lowest BCUT2D eigenvalue weighted by Gasteiger charge is -2.45. The van der Waals surface area contributed by atoms with E-state index in [9.17, 15) is 18.6 Å². The van der Waals surface area contributed by atoms with Crippen LogP contribution in [-0.4, -0.2) is 97.4 Å². The molecule has 1 unspecified atom stereocenters. The van der Waals surface area contributed by atoms with Crippen molar-refractivity contribution in [2.45, 2.75) is 56.7 Å². The zero-order valence-corrected chi connectivity index (χ0v) is 34.3. The van der Waals surface area contributed by atoms with Crippen LogP contribution >= 0.6 is 11.6 Å². The number of halogens is 1. The van der Waals surface area contributed by atoms with Gasteiger partial charge in [-0.05, 0) is 79.5 Å². The van der Waals surface area contributed by atoms with E-state index >= 15 is 0 Å². The van der Waals surface area contributed by atoms with Gasteiger partial charge < -0.3 is 28.6 Å². The quantitative estimate of drug-likeness (QED) is 0.259. The highest BCUT2D eigenvalue weighted by atomic mass is 35.5. The minimum Gasteiger partial charge on any atom is -0.490 e. The van der Waals surface area contributed by atoms with Crippen LogP contribution in [0, 0.1) is 29.6 Å². The lowest BCUT2D eigenvalue weighted by Crippen LogP contribution is -2.49. The van der Waals surface area contributed by atoms with Gasteiger partial charge in [-0.2, -0.15) is 0 Å². The third kappa shape index (κ3) is 8.50. The van der Waals surface area contributed by atoms with E-state index in [1.165, 1.54) is 36.2 Å². The number of carbonyl (C=O) groups is 3. The molecule has 3 heterocycles. The zero-order valence-electron chi connectivity index (χ0n) is 32.7. The Morgan fingerprint density at radius 2 is 1.93 bits per heavy atom. The number of anilines is 1. The van der Waals surface area contributed by atoms with Crippen LogP contribution < -0.4 is 19.1 Å². The topological polar surface area (TPSA) is 160 Å². The van der Waals surface area contributed by atoms with E-state index in [2.05, 4.69) is 37.0 Å². The van der Waals surface area contributed by atoms with E-state index < -0.39 is 51.6 Å². The largest absolute Gasteiger partial charge is 0.490 e. The Balaban J connectivity index is 1.34. The lowest BCUT2D eigenvalue weighted by molar-refractivity contribution is -0.152. The number of fused-ring (bicyclic) bond motifs is 4. The van der Waals surface area contributed by atoms with Gasteiger partial charge in [0.2, 0.25) is 5.88 Å². The maximum absolute atomic E-state index is 14.9. The first-order valence-corrected chi connectivity index (χ1v) is 21.1. The molecule has 1 saturated carbocycles. The Hall–Kier alpha value is -4.62. The van der Waals surface area contributed by atoms with Gasteiger partial charge in [0.25, 0.3) is 11.8 Å². The first kappa shape index (κ1) is 40.6. The van der Waals surface area contributed by atoms with E-state index in [1.807, 2.05) is 12.1 Å². The number of amides is 2. The number of rotatable bonds is 7. The Labute approximate surface area is 338 Å². The maximum atomic E-state index is 14.9. The van der Waals surface area contributed by atoms with E-state index in [0.29, 0.717) is 30.5 Å². The van der Waals surface area contributed by atoms with Crippen LogP contribution in [0.3, 0.4) is 0 Å². The van der Waals surface area contributed by atoms with E-state index in [0.717, 1.165) is 37.8 Å². The number of nitrogens with zero attached hydrogens (tertiary/aromatic N) is 4. The van der Waals surface area contributed by atoms with Crippen molar-refractivity contribution in [3.63, 3.8) is 0 Å². The average molecular weight is 822 g/mol. The second-order valence-corrected chi connectivity index (χ2v) is 17.9. The fraction of sp³-hybridized carbons (Fsp3) is 0.512. The number of methoxy groups -OCH3 is 3. The van der Waals surface area contributed by atoms with Gasteiger partial charge in [-0.1, -0.05) is 36.4 Å². The first-order valence-electron chi connectivity index (χ1n) is 19.1. The SMILES string of the molecule is COCC(=O)O[C@H]1C#C[C@H](OC)[C@@H]2CC[C@H]2CN2C[C@@]3(CCCc4cc(Cl)ccc43)COc3ccc(cc32)C(=O)N=S(=O)(NC(=O)c2cn(C)nc2OC)C[C@H]1C. The highest BCUT2D eigenvalue weighted by molar-refractivity contribution is 7.92. The fourth-order valence-electron chi connectivity index (χ4n) is 8.54. The summed E-state index contributed by atoms with van der Waals surface area (Å²) in [6.45, 7) is 3.00. The van der Waals surface area contributed by atoms with Crippen molar-refractivity contribution in [1.82, 2.24) is 14.5 Å². The van der Waals surface area contributed by atoms with E-state index in [1.54, 1.807) is 39.3 Å². The Morgan fingerprint density at radius 1 is 1.12 bits per heavy atom. The molecule has 7 atom stereocenters. The molecule has 7 rings (SSSR count). The summed E-state index contributed by atoms with van der Waals surface area (Å²) in [5, 5.41) is 4.83. The number of ether oxygens (including phenoxy) is 5. The van der Waals surface area contributed by atoms with Crippen LogP contribution in [-0.2, 0) is 47.8 Å². The maximum Gasteiger partial charge on any atom is 0.333 e. The standard InChI is InChI=1S/C41H48ClN5O9S/c1-25-22-57(51,45-39(50)31-20-46(2)43-40(31)54-5)44-38(49)27-9-13-36-33(18-27)47(23-41(24-55-36)16-6-7-26-17-29(42)10-12-32(26)41)19-28-8-11-30(28)35(53-4)15-14-34(25)56-37(48)21-52-3/h9-10,12-13,17-18,20,25,28,30,34-35H,6-8,11,16,19,21-24H2,1-5H3,(H,44,45,49,50,51)/t25-,28+,30-,34+,35+,41+,57?/m1/s1. The summed E-state index contributed by atoms with van der Waals surface area (Å²) in [5.74, 6) is 3.67. The Morgan fingerprint density at radius 3 is 2.67 bits per heavy atom. The van der Waals surface area contributed by atoms with Crippen LogP contribution in [0.25, 0.3) is 0 Å². The van der Waals surface area contributed by atoms with Crippen LogP contribution in [0.1, 0.15) is 64.4 Å². The van der Waals surface area contributed by atoms with Crippen molar-refractivity contribution in [3.05, 3.63) is 69.9 Å². The highest BCUT2D eigenvalue weighted by Crippen LogP contribution is 2.47. The molecule has 3 aromatic rings. The molecular weight excluding hydrogens is 774 g/mol. The minimum absolute atomic E-state index is 0.00460. The number of aromatic nitrogens is 2. The Kier molecular flexibility index (Phi) is 11.9. The molecule has 0 saturated heterocycles. The molecule has 4 aliphatic rings. The van der Waals surface area contributed by atoms with Crippen LogP contribution in [0.15, 0.2) is 47.0 Å². The number of hydrogen-bond acceptors (Lipinski definition) is 11. The normalized spacial score (nSPS) is 28.2. The fourth-order valence-corrected chi connectivity index (χ4v) is 10.6. The molecule has 2 amide bonds. The van der Waals surface area contributed by atoms with Crippen molar-refractivity contribution in [2.75, 3.05) is 58.3 Å². The molecule has 0 radical (unpaired) electrons. The first-order chi connectivity index (χ1) is 27.3. The average Bonchev–Trinajstić information content (AvgIpc) is 3.49. The molecule has 2 aliphatic heterocycles. The third-order valence-electron chi connectivity index (χ3n) is 11.5. The van der Waals surface area contributed by atoms with Gasteiger partial charge in [-0.25, -0.2) is 9.00 Å². The molecule has 1 fully saturated rings. The van der Waals surface area contributed by atoms with Gasteiger partial charge in [0.1, 0.15) is 33.9 Å². The second kappa shape index (κ2) is 16.7. The summed E-state index contributed by atoms with van der Waals surface area (Å²) < 4.78 is 51.7. The number of esters is 1. The van der Waals surface area contributed by atoms with Crippen molar-refractivity contribution in [3.8, 4) is 23.5 Å². The molecule has 304 valence electrons. The molecule has 2 bridgehead atoms. The summed E-state index contributed by atoms with van der Waals surface area (Å²) in [7, 11) is 2.01. The summed E-state index contributed by atoms with van der Waals surface area (Å²) in [6.07, 6.45) is 4.41. The lowest BCUT2D eigenvalue weighted by atomic mass is 9.68. The van der Waals surface area contributed by atoms with Gasteiger partial charge in [-0.15, -0.1) is 9.46 Å². The van der Waals surface area contributed by atoms with Crippen molar-refractivity contribution in [1.29, 1.82) is 0 Å². The van der Waals surface area contributed by atoms with Gasteiger partial charge >= 0.3 is 5.97 Å². The van der Waals surface area contributed by atoms with Crippen molar-refractivity contribution in [2.24, 2.45) is 29.2 Å². The number of hydrogen-bond donors (Lipinski definition) is 1. The van der Waals surface area contributed by atoms with Crippen LogP contribution in [0.4, 0.5) is 5.69 Å². The summed E-state index contributed by atoms with van der Waals surface area (Å²) in [6, 6.07) is 11.2. The second-order valence-electron chi connectivity index (χ2n) is 15.4. The molecule has 57 heavy (non-hydrogen) atoms. The zero-order chi connectivity index (χ0) is 40.5. The highest BCUT2D eigenvalue weighted by Gasteiger charge is 2.45. The van der Waals surface area contributed by atoms with E-state index in [-0.39, 0.29) is 40.9 Å². The number of aryl methyl sites for hydroxylation is 2. The number of carbonyl (C=O) groups excluding carboxylic acids is 3. The minimum atomic E-state index is -3.93. The smallest absolute Gasteiger partial charge is 0.333 e. The predicted octanol–water partition coefficient (Wildman–Crippen LogP) is 4.76. The molecular formula is C41H48ClN5O9S. The van der Waals surface area contributed by atoms with Crippen LogP contribution in [0.2, 0.25) is 5.02 Å². The molecule has 1 spiro atoms. The van der Waals surface area contributed by atoms with Crippen molar-refractivity contribution >= 4 is 45.0 Å². The number of benzene rings is 2.